The number of amides is 1. The average Bonchev–Trinajstić information content (AvgIpc) is 3.05. The monoisotopic (exact) mass is 311 g/mol. The fourth-order valence-electron chi connectivity index (χ4n) is 3.06. The van der Waals surface area contributed by atoms with Crippen LogP contribution in [0.25, 0.3) is 0 Å². The molecule has 0 atom stereocenters. The number of benzene rings is 1. The summed E-state index contributed by atoms with van der Waals surface area (Å²) in [5, 5.41) is 11.9. The molecule has 1 saturated carbocycles. The number of hydrogen-bond donors (Lipinski definition) is 2. The fourth-order valence-corrected chi connectivity index (χ4v) is 3.06. The predicted molar refractivity (Wildman–Crippen MR) is 83.0 cm³/mol. The average molecular weight is 311 g/mol. The summed E-state index contributed by atoms with van der Waals surface area (Å²) in [7, 11) is 0. The first-order valence-electron chi connectivity index (χ1n) is 7.54. The molecule has 1 heterocycles. The fraction of sp³-hybridized carbons (Fsp3) is 0.294. The highest BCUT2D eigenvalue weighted by atomic mass is 16.4. The topological polar surface area (TPSA) is 92.2 Å². The van der Waals surface area contributed by atoms with Crippen LogP contribution in [0.5, 0.6) is 0 Å². The summed E-state index contributed by atoms with van der Waals surface area (Å²) >= 11 is 0. The Hall–Kier alpha value is -2.76. The van der Waals surface area contributed by atoms with E-state index in [-0.39, 0.29) is 22.8 Å². The van der Waals surface area contributed by atoms with Crippen LogP contribution in [0.3, 0.4) is 0 Å². The Morgan fingerprint density at radius 3 is 2.17 bits per heavy atom. The van der Waals surface area contributed by atoms with E-state index in [2.05, 4.69) is 15.3 Å². The van der Waals surface area contributed by atoms with E-state index in [9.17, 15) is 9.59 Å². The van der Waals surface area contributed by atoms with E-state index in [1.165, 1.54) is 6.20 Å². The second-order valence-corrected chi connectivity index (χ2v) is 5.70. The first-order valence-corrected chi connectivity index (χ1v) is 7.54. The number of aromatic carboxylic acids is 1. The second kappa shape index (κ2) is 6.16. The molecule has 0 spiro atoms. The molecule has 2 aromatic rings. The third kappa shape index (κ3) is 3.06. The molecule has 0 unspecified atom stereocenters. The van der Waals surface area contributed by atoms with Crippen LogP contribution in [-0.4, -0.2) is 27.0 Å². The number of nitrogens with one attached hydrogen (secondary N) is 1. The van der Waals surface area contributed by atoms with Crippen molar-refractivity contribution in [3.8, 4) is 0 Å². The van der Waals surface area contributed by atoms with E-state index >= 15 is 0 Å². The maximum atomic E-state index is 12.5. The molecule has 1 amide bonds. The van der Waals surface area contributed by atoms with Gasteiger partial charge in [-0.2, -0.15) is 0 Å². The summed E-state index contributed by atoms with van der Waals surface area (Å²) in [5.74, 6) is -1.50. The van der Waals surface area contributed by atoms with E-state index in [0.717, 1.165) is 37.4 Å². The zero-order valence-electron chi connectivity index (χ0n) is 12.5. The number of carbonyl (C=O) groups is 2. The molecule has 1 aliphatic rings. The summed E-state index contributed by atoms with van der Waals surface area (Å²) in [4.78, 5) is 31.0. The van der Waals surface area contributed by atoms with Gasteiger partial charge >= 0.3 is 5.97 Å². The van der Waals surface area contributed by atoms with Crippen LogP contribution in [0.1, 0.15) is 52.2 Å². The van der Waals surface area contributed by atoms with Crippen LogP contribution in [-0.2, 0) is 5.54 Å². The third-order valence-electron chi connectivity index (χ3n) is 4.24. The van der Waals surface area contributed by atoms with Gasteiger partial charge in [0, 0.05) is 0 Å². The molecule has 0 radical (unpaired) electrons. The van der Waals surface area contributed by atoms with Crippen LogP contribution in [0.2, 0.25) is 0 Å². The van der Waals surface area contributed by atoms with Crippen molar-refractivity contribution in [3.63, 3.8) is 0 Å². The number of carboxylic acids is 1. The van der Waals surface area contributed by atoms with Crippen molar-refractivity contribution in [3.05, 3.63) is 59.7 Å². The molecule has 0 aliphatic heterocycles. The maximum absolute atomic E-state index is 12.5. The largest absolute Gasteiger partial charge is 0.476 e. The van der Waals surface area contributed by atoms with Gasteiger partial charge in [-0.25, -0.2) is 14.8 Å². The van der Waals surface area contributed by atoms with Gasteiger partial charge in [0.2, 0.25) is 0 Å². The molecule has 0 bridgehead atoms. The molecular formula is C17H17N3O3. The second-order valence-electron chi connectivity index (χ2n) is 5.70. The minimum Gasteiger partial charge on any atom is -0.476 e. The Bertz CT molecular complexity index is 708. The highest BCUT2D eigenvalue weighted by Gasteiger charge is 2.37. The van der Waals surface area contributed by atoms with Gasteiger partial charge in [0.05, 0.1) is 17.9 Å². The summed E-state index contributed by atoms with van der Waals surface area (Å²) in [6, 6.07) is 9.91. The lowest BCUT2D eigenvalue weighted by molar-refractivity contribution is 0.0688. The van der Waals surface area contributed by atoms with Crippen molar-refractivity contribution in [2.24, 2.45) is 0 Å². The molecule has 2 N–H and O–H groups in total. The van der Waals surface area contributed by atoms with Crippen LogP contribution in [0.4, 0.5) is 0 Å². The van der Waals surface area contributed by atoms with E-state index in [1.54, 1.807) is 0 Å². The van der Waals surface area contributed by atoms with Crippen molar-refractivity contribution in [2.45, 2.75) is 31.2 Å². The van der Waals surface area contributed by atoms with E-state index in [0.29, 0.717) is 0 Å². The molecule has 3 rings (SSSR count). The molecule has 1 aromatic heterocycles. The molecule has 118 valence electrons. The normalized spacial score (nSPS) is 16.0. The SMILES string of the molecule is O=C(O)c1cnc(C(=O)NC2(c3ccccc3)CCCC2)cn1. The van der Waals surface area contributed by atoms with E-state index in [4.69, 9.17) is 5.11 Å². The number of hydrogen-bond acceptors (Lipinski definition) is 4. The van der Waals surface area contributed by atoms with E-state index in [1.807, 2.05) is 30.3 Å². The summed E-state index contributed by atoms with van der Waals surface area (Å²) in [6.07, 6.45) is 6.16. The lowest BCUT2D eigenvalue weighted by Gasteiger charge is -2.31. The van der Waals surface area contributed by atoms with Crippen molar-refractivity contribution >= 4 is 11.9 Å². The number of carboxylic acid groups (broad SMARTS) is 1. The number of rotatable bonds is 4. The molecule has 1 aromatic carbocycles. The number of carbonyl (C=O) groups excluding carboxylic acids is 1. The zero-order valence-corrected chi connectivity index (χ0v) is 12.5. The van der Waals surface area contributed by atoms with Gasteiger partial charge < -0.3 is 10.4 Å². The smallest absolute Gasteiger partial charge is 0.356 e. The van der Waals surface area contributed by atoms with Gasteiger partial charge in [-0.3, -0.25) is 4.79 Å². The molecule has 1 fully saturated rings. The highest BCUT2D eigenvalue weighted by molar-refractivity contribution is 5.93. The Morgan fingerprint density at radius 2 is 1.61 bits per heavy atom. The third-order valence-corrected chi connectivity index (χ3v) is 4.24. The number of nitrogens with zero attached hydrogens (tertiary/aromatic N) is 2. The first-order chi connectivity index (χ1) is 11.1. The highest BCUT2D eigenvalue weighted by Crippen LogP contribution is 2.38. The molecule has 1 aliphatic carbocycles. The van der Waals surface area contributed by atoms with Crippen LogP contribution in [0, 0.1) is 0 Å². The Balaban J connectivity index is 1.83. The van der Waals surface area contributed by atoms with Gasteiger partial charge in [0.15, 0.2) is 5.69 Å². The Kier molecular flexibility index (Phi) is 4.06. The van der Waals surface area contributed by atoms with Gasteiger partial charge in [-0.15, -0.1) is 0 Å². The lowest BCUT2D eigenvalue weighted by Crippen LogP contribution is -2.44. The summed E-state index contributed by atoms with van der Waals surface area (Å²) < 4.78 is 0. The minimum atomic E-state index is -1.17. The van der Waals surface area contributed by atoms with Gasteiger partial charge in [0.25, 0.3) is 5.91 Å². The van der Waals surface area contributed by atoms with Gasteiger partial charge in [0.1, 0.15) is 5.69 Å². The van der Waals surface area contributed by atoms with Crippen molar-refractivity contribution in [2.75, 3.05) is 0 Å². The summed E-state index contributed by atoms with van der Waals surface area (Å²) in [6.45, 7) is 0. The first kappa shape index (κ1) is 15.1. The standard InChI is InChI=1S/C17H17N3O3/c21-15(13-10-19-14(11-18-13)16(22)23)20-17(8-4-5-9-17)12-6-2-1-3-7-12/h1-3,6-7,10-11H,4-5,8-9H2,(H,20,21)(H,22,23). The van der Waals surface area contributed by atoms with Gasteiger partial charge in [-0.05, 0) is 18.4 Å². The Morgan fingerprint density at radius 1 is 1.00 bits per heavy atom. The van der Waals surface area contributed by atoms with E-state index < -0.39 is 5.97 Å². The predicted octanol–water partition coefficient (Wildman–Crippen LogP) is 2.37. The van der Waals surface area contributed by atoms with Crippen molar-refractivity contribution < 1.29 is 14.7 Å². The van der Waals surface area contributed by atoms with Crippen molar-refractivity contribution in [1.82, 2.24) is 15.3 Å². The Labute approximate surface area is 133 Å². The quantitative estimate of drug-likeness (QED) is 0.904. The molecule has 23 heavy (non-hydrogen) atoms. The zero-order chi connectivity index (χ0) is 16.3. The van der Waals surface area contributed by atoms with Crippen molar-refractivity contribution in [1.29, 1.82) is 0 Å². The molecule has 6 heteroatoms. The summed E-state index contributed by atoms with van der Waals surface area (Å²) in [5.41, 5.74) is 0.643. The van der Waals surface area contributed by atoms with Crippen LogP contribution < -0.4 is 5.32 Å². The lowest BCUT2D eigenvalue weighted by atomic mass is 9.88. The van der Waals surface area contributed by atoms with Crippen LogP contribution >= 0.6 is 0 Å². The number of aromatic nitrogens is 2. The minimum absolute atomic E-state index is 0.122. The maximum Gasteiger partial charge on any atom is 0.356 e. The van der Waals surface area contributed by atoms with Gasteiger partial charge in [-0.1, -0.05) is 43.2 Å². The molecular weight excluding hydrogens is 294 g/mol. The molecule has 6 nitrogen and oxygen atoms in total. The van der Waals surface area contributed by atoms with Crippen LogP contribution in [0.15, 0.2) is 42.7 Å². The molecule has 0 saturated heterocycles.